The molecule has 1 aromatic rings. The van der Waals surface area contributed by atoms with Gasteiger partial charge in [-0.2, -0.15) is 0 Å². The highest BCUT2D eigenvalue weighted by Gasteiger charge is 2.02. The van der Waals surface area contributed by atoms with Gasteiger partial charge in [0.05, 0.1) is 13.2 Å². The molecule has 0 heterocycles. The van der Waals surface area contributed by atoms with E-state index in [0.717, 1.165) is 12.8 Å². The van der Waals surface area contributed by atoms with Crippen LogP contribution in [-0.2, 0) is 11.2 Å². The average Bonchev–Trinajstić information content (AvgIpc) is 2.28. The molecule has 0 aromatic heterocycles. The third-order valence-corrected chi connectivity index (χ3v) is 2.24. The van der Waals surface area contributed by atoms with Gasteiger partial charge in [0.2, 0.25) is 0 Å². The van der Waals surface area contributed by atoms with Crippen LogP contribution in [0.15, 0.2) is 30.3 Å². The summed E-state index contributed by atoms with van der Waals surface area (Å²) in [5.41, 5.74) is 12.5. The minimum absolute atomic E-state index is 0.108. The summed E-state index contributed by atoms with van der Waals surface area (Å²) < 4.78 is 5.28. The first-order chi connectivity index (χ1) is 7.33. The third-order valence-electron chi connectivity index (χ3n) is 2.24. The number of hydrogen-bond acceptors (Lipinski definition) is 3. The molecule has 0 saturated carbocycles. The Bertz CT molecular complexity index is 251. The van der Waals surface area contributed by atoms with Crippen molar-refractivity contribution in [3.63, 3.8) is 0 Å². The predicted molar refractivity (Wildman–Crippen MR) is 62.6 cm³/mol. The molecule has 0 radical (unpaired) electrons. The fraction of sp³-hybridized carbons (Fsp3) is 0.500. The molecular formula is C12H20N2O. The van der Waals surface area contributed by atoms with Crippen molar-refractivity contribution >= 4 is 0 Å². The first kappa shape index (κ1) is 12.2. The molecule has 3 nitrogen and oxygen atoms in total. The fourth-order valence-corrected chi connectivity index (χ4v) is 1.40. The molecule has 1 rings (SSSR count). The molecule has 1 atom stereocenters. The molecule has 15 heavy (non-hydrogen) atoms. The van der Waals surface area contributed by atoms with Gasteiger partial charge in [-0.05, 0) is 18.4 Å². The van der Waals surface area contributed by atoms with Crippen molar-refractivity contribution < 1.29 is 4.74 Å². The highest BCUT2D eigenvalue weighted by Crippen LogP contribution is 2.03. The molecule has 84 valence electrons. The van der Waals surface area contributed by atoms with Crippen LogP contribution in [0.25, 0.3) is 0 Å². The number of nitrogens with two attached hydrogens (primary N) is 2. The Balaban J connectivity index is 2.14. The van der Waals surface area contributed by atoms with Crippen LogP contribution in [0.2, 0.25) is 0 Å². The lowest BCUT2D eigenvalue weighted by Gasteiger charge is -2.11. The van der Waals surface area contributed by atoms with Gasteiger partial charge in [-0.25, -0.2) is 0 Å². The van der Waals surface area contributed by atoms with Crippen LogP contribution in [-0.4, -0.2) is 25.8 Å². The van der Waals surface area contributed by atoms with Crippen LogP contribution in [0.1, 0.15) is 12.0 Å². The molecule has 0 spiro atoms. The van der Waals surface area contributed by atoms with E-state index in [1.165, 1.54) is 5.56 Å². The second-order valence-corrected chi connectivity index (χ2v) is 3.65. The molecule has 1 aromatic carbocycles. The van der Waals surface area contributed by atoms with E-state index in [-0.39, 0.29) is 6.04 Å². The van der Waals surface area contributed by atoms with Gasteiger partial charge in [-0.15, -0.1) is 0 Å². The molecule has 0 saturated heterocycles. The van der Waals surface area contributed by atoms with Crippen molar-refractivity contribution in [1.82, 2.24) is 0 Å². The SMILES string of the molecule is NCCOCC(N)CCc1ccccc1. The Morgan fingerprint density at radius 2 is 1.93 bits per heavy atom. The fourth-order valence-electron chi connectivity index (χ4n) is 1.40. The van der Waals surface area contributed by atoms with Crippen LogP contribution in [0, 0.1) is 0 Å². The Morgan fingerprint density at radius 3 is 2.60 bits per heavy atom. The second-order valence-electron chi connectivity index (χ2n) is 3.65. The maximum absolute atomic E-state index is 5.90. The van der Waals surface area contributed by atoms with Crippen molar-refractivity contribution in [3.05, 3.63) is 35.9 Å². The molecule has 4 N–H and O–H groups in total. The standard InChI is InChI=1S/C12H20N2O/c13-8-9-15-10-12(14)7-6-11-4-2-1-3-5-11/h1-5,12H,6-10,13-14H2. The number of ether oxygens (including phenoxy) is 1. The molecule has 0 aliphatic carbocycles. The van der Waals surface area contributed by atoms with Gasteiger partial charge in [0, 0.05) is 12.6 Å². The number of benzene rings is 1. The third kappa shape index (κ3) is 5.52. The topological polar surface area (TPSA) is 61.3 Å². The summed E-state index contributed by atoms with van der Waals surface area (Å²) in [6, 6.07) is 10.5. The van der Waals surface area contributed by atoms with E-state index >= 15 is 0 Å². The summed E-state index contributed by atoms with van der Waals surface area (Å²) >= 11 is 0. The van der Waals surface area contributed by atoms with E-state index in [1.807, 2.05) is 18.2 Å². The van der Waals surface area contributed by atoms with Crippen molar-refractivity contribution in [2.24, 2.45) is 11.5 Å². The zero-order valence-corrected chi connectivity index (χ0v) is 9.06. The van der Waals surface area contributed by atoms with Gasteiger partial charge in [0.15, 0.2) is 0 Å². The van der Waals surface area contributed by atoms with E-state index in [2.05, 4.69) is 12.1 Å². The Labute approximate surface area is 91.4 Å². The van der Waals surface area contributed by atoms with E-state index < -0.39 is 0 Å². The lowest BCUT2D eigenvalue weighted by molar-refractivity contribution is 0.125. The maximum Gasteiger partial charge on any atom is 0.0618 e. The highest BCUT2D eigenvalue weighted by atomic mass is 16.5. The molecule has 1 unspecified atom stereocenters. The summed E-state index contributed by atoms with van der Waals surface area (Å²) in [4.78, 5) is 0. The van der Waals surface area contributed by atoms with Crippen molar-refractivity contribution in [3.8, 4) is 0 Å². The lowest BCUT2D eigenvalue weighted by atomic mass is 10.1. The molecule has 0 fully saturated rings. The van der Waals surface area contributed by atoms with E-state index in [4.69, 9.17) is 16.2 Å². The molecule has 0 amide bonds. The van der Waals surface area contributed by atoms with E-state index in [9.17, 15) is 0 Å². The zero-order chi connectivity index (χ0) is 10.9. The highest BCUT2D eigenvalue weighted by molar-refractivity contribution is 5.14. The van der Waals surface area contributed by atoms with Crippen molar-refractivity contribution in [2.45, 2.75) is 18.9 Å². The first-order valence-electron chi connectivity index (χ1n) is 5.40. The molecule has 0 bridgehead atoms. The second kappa shape index (κ2) is 7.40. The minimum Gasteiger partial charge on any atom is -0.379 e. The summed E-state index contributed by atoms with van der Waals surface area (Å²) in [7, 11) is 0. The van der Waals surface area contributed by atoms with Crippen LogP contribution >= 0.6 is 0 Å². The monoisotopic (exact) mass is 208 g/mol. The summed E-state index contributed by atoms with van der Waals surface area (Å²) in [5, 5.41) is 0. The summed E-state index contributed by atoms with van der Waals surface area (Å²) in [5.74, 6) is 0. The Morgan fingerprint density at radius 1 is 1.20 bits per heavy atom. The van der Waals surface area contributed by atoms with Gasteiger partial charge >= 0.3 is 0 Å². The zero-order valence-electron chi connectivity index (χ0n) is 9.06. The molecule has 0 aliphatic heterocycles. The van der Waals surface area contributed by atoms with Gasteiger partial charge in [0.25, 0.3) is 0 Å². The minimum atomic E-state index is 0.108. The molecule has 3 heteroatoms. The summed E-state index contributed by atoms with van der Waals surface area (Å²) in [6.45, 7) is 1.76. The lowest BCUT2D eigenvalue weighted by Crippen LogP contribution is -2.28. The number of aryl methyl sites for hydroxylation is 1. The smallest absolute Gasteiger partial charge is 0.0618 e. The van der Waals surface area contributed by atoms with E-state index in [0.29, 0.717) is 19.8 Å². The Kier molecular flexibility index (Phi) is 6.00. The first-order valence-corrected chi connectivity index (χ1v) is 5.40. The van der Waals surface area contributed by atoms with Crippen LogP contribution in [0.3, 0.4) is 0 Å². The molecule has 0 aliphatic rings. The number of rotatable bonds is 7. The van der Waals surface area contributed by atoms with Crippen molar-refractivity contribution in [2.75, 3.05) is 19.8 Å². The normalized spacial score (nSPS) is 12.7. The van der Waals surface area contributed by atoms with E-state index in [1.54, 1.807) is 0 Å². The van der Waals surface area contributed by atoms with Gasteiger partial charge in [0.1, 0.15) is 0 Å². The largest absolute Gasteiger partial charge is 0.379 e. The predicted octanol–water partition coefficient (Wildman–Crippen LogP) is 0.922. The molecular weight excluding hydrogens is 188 g/mol. The average molecular weight is 208 g/mol. The quantitative estimate of drug-likeness (QED) is 0.655. The van der Waals surface area contributed by atoms with Gasteiger partial charge < -0.3 is 16.2 Å². The maximum atomic E-state index is 5.90. The number of hydrogen-bond donors (Lipinski definition) is 2. The van der Waals surface area contributed by atoms with Gasteiger partial charge in [-0.3, -0.25) is 0 Å². The van der Waals surface area contributed by atoms with Crippen LogP contribution < -0.4 is 11.5 Å². The van der Waals surface area contributed by atoms with Crippen LogP contribution in [0.5, 0.6) is 0 Å². The Hall–Kier alpha value is -0.900. The van der Waals surface area contributed by atoms with Gasteiger partial charge in [-0.1, -0.05) is 30.3 Å². The van der Waals surface area contributed by atoms with Crippen LogP contribution in [0.4, 0.5) is 0 Å². The van der Waals surface area contributed by atoms with Crippen molar-refractivity contribution in [1.29, 1.82) is 0 Å². The summed E-state index contributed by atoms with van der Waals surface area (Å²) in [6.07, 6.45) is 1.96.